The van der Waals surface area contributed by atoms with E-state index in [-0.39, 0.29) is 0 Å². The van der Waals surface area contributed by atoms with Crippen molar-refractivity contribution in [2.75, 3.05) is 0 Å². The van der Waals surface area contributed by atoms with Gasteiger partial charge < -0.3 is 13.7 Å². The van der Waals surface area contributed by atoms with Gasteiger partial charge in [0.1, 0.15) is 0 Å². The molecule has 256 valence electrons. The lowest BCUT2D eigenvalue weighted by Crippen LogP contribution is -1.97. The van der Waals surface area contributed by atoms with Gasteiger partial charge in [0, 0.05) is 49.3 Å². The van der Waals surface area contributed by atoms with Crippen LogP contribution in [0.15, 0.2) is 200 Å². The number of aromatic nitrogens is 3. The summed E-state index contributed by atoms with van der Waals surface area (Å²) in [5, 5.41) is 10.1. The second-order valence-corrected chi connectivity index (χ2v) is 14.5. The maximum atomic E-state index is 2.49. The fraction of sp³-hybridized carbons (Fsp3) is 0. The molecule has 3 nitrogen and oxygen atoms in total. The maximum Gasteiger partial charge on any atom is 0.0549 e. The number of nitrogens with zero attached hydrogens (tertiary/aromatic N) is 3. The third-order valence-corrected chi connectivity index (χ3v) is 11.6. The van der Waals surface area contributed by atoms with Crippen LogP contribution in [0.2, 0.25) is 0 Å². The Bertz CT molecular complexity index is 3490. The Balaban J connectivity index is 1.12. The quantitative estimate of drug-likeness (QED) is 0.174. The summed E-state index contributed by atoms with van der Waals surface area (Å²) in [6.07, 6.45) is 0. The van der Waals surface area contributed by atoms with E-state index >= 15 is 0 Å². The molecule has 12 aromatic rings. The first-order valence-electron chi connectivity index (χ1n) is 18.9. The van der Waals surface area contributed by atoms with Crippen molar-refractivity contribution in [1.82, 2.24) is 13.7 Å². The highest BCUT2D eigenvalue weighted by Crippen LogP contribution is 2.44. The molecule has 0 spiro atoms. The molecule has 0 fully saturated rings. The van der Waals surface area contributed by atoms with Crippen LogP contribution in [0.4, 0.5) is 0 Å². The molecule has 0 aliphatic rings. The number of hydrogen-bond donors (Lipinski definition) is 0. The highest BCUT2D eigenvalue weighted by atomic mass is 15.0. The Kier molecular flexibility index (Phi) is 6.34. The third kappa shape index (κ3) is 4.32. The van der Waals surface area contributed by atoms with Crippen LogP contribution >= 0.6 is 0 Å². The lowest BCUT2D eigenvalue weighted by Gasteiger charge is -2.15. The molecule has 0 saturated heterocycles. The zero-order valence-electron chi connectivity index (χ0n) is 29.9. The molecule has 0 aliphatic heterocycles. The van der Waals surface area contributed by atoms with Crippen LogP contribution in [0.1, 0.15) is 0 Å². The first kappa shape index (κ1) is 30.1. The van der Waals surface area contributed by atoms with Gasteiger partial charge in [0.2, 0.25) is 0 Å². The van der Waals surface area contributed by atoms with E-state index in [0.29, 0.717) is 0 Å². The number of rotatable bonds is 4. The van der Waals surface area contributed by atoms with Gasteiger partial charge >= 0.3 is 0 Å². The van der Waals surface area contributed by atoms with Gasteiger partial charge in [-0.05, 0) is 89.1 Å². The van der Waals surface area contributed by atoms with Gasteiger partial charge in [-0.3, -0.25) is 0 Å². The number of benzene rings is 9. The Morgan fingerprint density at radius 3 is 1.56 bits per heavy atom. The van der Waals surface area contributed by atoms with Gasteiger partial charge in [0.25, 0.3) is 0 Å². The van der Waals surface area contributed by atoms with Gasteiger partial charge in [-0.2, -0.15) is 0 Å². The van der Waals surface area contributed by atoms with Crippen LogP contribution in [-0.2, 0) is 0 Å². The monoisotopic (exact) mass is 699 g/mol. The van der Waals surface area contributed by atoms with Crippen molar-refractivity contribution < 1.29 is 0 Å². The molecule has 0 amide bonds. The molecule has 3 heterocycles. The summed E-state index contributed by atoms with van der Waals surface area (Å²) in [5.74, 6) is 0. The topological polar surface area (TPSA) is 14.8 Å². The third-order valence-electron chi connectivity index (χ3n) is 11.6. The van der Waals surface area contributed by atoms with Gasteiger partial charge in [-0.1, -0.05) is 127 Å². The van der Waals surface area contributed by atoms with Crippen molar-refractivity contribution in [3.8, 4) is 28.2 Å². The van der Waals surface area contributed by atoms with E-state index < -0.39 is 0 Å². The van der Waals surface area contributed by atoms with Crippen molar-refractivity contribution in [2.24, 2.45) is 0 Å². The van der Waals surface area contributed by atoms with E-state index in [0.717, 1.165) is 5.69 Å². The smallest absolute Gasteiger partial charge is 0.0549 e. The minimum Gasteiger partial charge on any atom is -0.309 e. The molecule has 0 unspecified atom stereocenters. The first-order chi connectivity index (χ1) is 27.3. The lowest BCUT2D eigenvalue weighted by molar-refractivity contribution is 1.17. The van der Waals surface area contributed by atoms with Crippen molar-refractivity contribution in [3.63, 3.8) is 0 Å². The number of hydrogen-bond acceptors (Lipinski definition) is 0. The van der Waals surface area contributed by atoms with E-state index in [4.69, 9.17) is 0 Å². The number of fused-ring (bicyclic) bond motifs is 11. The van der Waals surface area contributed by atoms with E-state index in [1.165, 1.54) is 98.7 Å². The Morgan fingerprint density at radius 1 is 0.273 bits per heavy atom. The summed E-state index contributed by atoms with van der Waals surface area (Å²) in [6.45, 7) is 0. The SMILES string of the molecule is c1ccc(-n2c3ccccc3c3cc(-c4ccccc4-n4c5ccccc5c5c6c7ccccc7n(-c7ccc8ccccc8c7)c6ccc54)ccc32)cc1. The second-order valence-electron chi connectivity index (χ2n) is 14.5. The van der Waals surface area contributed by atoms with Crippen LogP contribution in [0.25, 0.3) is 104 Å². The summed E-state index contributed by atoms with van der Waals surface area (Å²) in [4.78, 5) is 0. The van der Waals surface area contributed by atoms with Gasteiger partial charge in [0.15, 0.2) is 0 Å². The average Bonchev–Trinajstić information content (AvgIpc) is 3.89. The van der Waals surface area contributed by atoms with E-state index in [2.05, 4.69) is 214 Å². The summed E-state index contributed by atoms with van der Waals surface area (Å²) in [7, 11) is 0. The maximum absolute atomic E-state index is 2.49. The van der Waals surface area contributed by atoms with Gasteiger partial charge in [0.05, 0.1) is 38.8 Å². The van der Waals surface area contributed by atoms with E-state index in [1.54, 1.807) is 0 Å². The molecular weight excluding hydrogens is 667 g/mol. The molecule has 0 bridgehead atoms. The predicted molar refractivity (Wildman–Crippen MR) is 232 cm³/mol. The predicted octanol–water partition coefficient (Wildman–Crippen LogP) is 13.8. The van der Waals surface area contributed by atoms with Crippen LogP contribution < -0.4 is 0 Å². The average molecular weight is 700 g/mol. The van der Waals surface area contributed by atoms with Gasteiger partial charge in [-0.25, -0.2) is 0 Å². The standard InChI is InChI=1S/C52H33N3/c1-2-16-37(17-3-1)53-45-23-11-7-19-40(45)43-33-36(27-29-48(43)53)39-18-6-10-22-44(39)55-47-25-13-9-21-42(47)52-50(55)31-30-49-51(52)41-20-8-12-24-46(41)54(49)38-28-26-34-14-4-5-15-35(34)32-38/h1-33H. The molecule has 0 radical (unpaired) electrons. The summed E-state index contributed by atoms with van der Waals surface area (Å²) in [6, 6.07) is 73.2. The fourth-order valence-corrected chi connectivity index (χ4v) is 9.28. The molecule has 0 aliphatic carbocycles. The Morgan fingerprint density at radius 2 is 0.800 bits per heavy atom. The zero-order valence-corrected chi connectivity index (χ0v) is 29.9. The van der Waals surface area contributed by atoms with Crippen molar-refractivity contribution >= 4 is 76.2 Å². The second kappa shape index (κ2) is 11.6. The molecule has 3 aromatic heterocycles. The molecule has 0 N–H and O–H groups in total. The first-order valence-corrected chi connectivity index (χ1v) is 18.9. The Labute approximate surface area is 317 Å². The minimum absolute atomic E-state index is 1.16. The summed E-state index contributed by atoms with van der Waals surface area (Å²) in [5.41, 5.74) is 13.1. The van der Waals surface area contributed by atoms with Crippen molar-refractivity contribution in [3.05, 3.63) is 200 Å². The summed E-state index contributed by atoms with van der Waals surface area (Å²) < 4.78 is 7.31. The highest BCUT2D eigenvalue weighted by molar-refractivity contribution is 6.29. The molecule has 9 aromatic carbocycles. The molecule has 0 saturated carbocycles. The van der Waals surface area contributed by atoms with E-state index in [1.807, 2.05) is 0 Å². The largest absolute Gasteiger partial charge is 0.309 e. The number of para-hydroxylation sites is 5. The van der Waals surface area contributed by atoms with Crippen molar-refractivity contribution in [2.45, 2.75) is 0 Å². The zero-order chi connectivity index (χ0) is 36.0. The Hall–Kier alpha value is -7.36. The van der Waals surface area contributed by atoms with Crippen LogP contribution in [0, 0.1) is 0 Å². The fourth-order valence-electron chi connectivity index (χ4n) is 9.28. The van der Waals surface area contributed by atoms with Crippen LogP contribution in [0.3, 0.4) is 0 Å². The van der Waals surface area contributed by atoms with Crippen LogP contribution in [0.5, 0.6) is 0 Å². The molecular formula is C52H33N3. The van der Waals surface area contributed by atoms with Crippen LogP contribution in [-0.4, -0.2) is 13.7 Å². The molecule has 12 rings (SSSR count). The minimum atomic E-state index is 1.16. The summed E-state index contributed by atoms with van der Waals surface area (Å²) >= 11 is 0. The normalized spacial score (nSPS) is 12.0. The molecule has 0 atom stereocenters. The molecule has 55 heavy (non-hydrogen) atoms. The molecule has 3 heteroatoms. The van der Waals surface area contributed by atoms with Crippen molar-refractivity contribution in [1.29, 1.82) is 0 Å². The lowest BCUT2D eigenvalue weighted by atomic mass is 10.0. The highest BCUT2D eigenvalue weighted by Gasteiger charge is 2.22. The van der Waals surface area contributed by atoms with Gasteiger partial charge in [-0.15, -0.1) is 0 Å². The van der Waals surface area contributed by atoms with E-state index in [9.17, 15) is 0 Å².